The van der Waals surface area contributed by atoms with E-state index in [-0.39, 0.29) is 12.2 Å². The van der Waals surface area contributed by atoms with Gasteiger partial charge in [-0.15, -0.1) is 0 Å². The maximum absolute atomic E-state index is 9.93. The summed E-state index contributed by atoms with van der Waals surface area (Å²) in [6.45, 7) is 0. The Balaban J connectivity index is 1.83. The standard InChI is InChI=1S/C10H12O2/c11-9-5-1-2-4(5)8-7(9)3(1)6(2)10(8)12/h1-12H/t1-,2-,3-,4+,5+,6+,7+,8-,9-,10-/m0/s1. The normalized spacial score (nSPS) is 90.5. The average molecular weight is 164 g/mol. The van der Waals surface area contributed by atoms with Crippen LogP contribution in [-0.2, 0) is 0 Å². The minimum Gasteiger partial charge on any atom is -0.393 e. The molecule has 6 rings (SSSR count). The Labute approximate surface area is 70.6 Å². The van der Waals surface area contributed by atoms with Crippen LogP contribution in [-0.4, -0.2) is 22.4 Å². The molecule has 2 heteroatoms. The van der Waals surface area contributed by atoms with Gasteiger partial charge in [0.2, 0.25) is 0 Å². The van der Waals surface area contributed by atoms with E-state index in [2.05, 4.69) is 0 Å². The molecule has 0 amide bonds. The van der Waals surface area contributed by atoms with E-state index in [1.165, 1.54) is 0 Å². The largest absolute Gasteiger partial charge is 0.393 e. The molecule has 0 spiro atoms. The van der Waals surface area contributed by atoms with Crippen LogP contribution in [0.15, 0.2) is 0 Å². The molecule has 12 heavy (non-hydrogen) atoms. The molecule has 6 aliphatic carbocycles. The van der Waals surface area contributed by atoms with Gasteiger partial charge in [-0.25, -0.2) is 0 Å². The van der Waals surface area contributed by atoms with Gasteiger partial charge in [0.05, 0.1) is 12.2 Å². The highest BCUT2D eigenvalue weighted by Crippen LogP contribution is 2.88. The van der Waals surface area contributed by atoms with Gasteiger partial charge in [-0.05, 0) is 47.3 Å². The lowest BCUT2D eigenvalue weighted by atomic mass is 9.41. The molecule has 0 aliphatic heterocycles. The van der Waals surface area contributed by atoms with Gasteiger partial charge in [0.1, 0.15) is 0 Å². The Morgan fingerprint density at radius 1 is 0.417 bits per heavy atom. The molecule has 0 unspecified atom stereocenters. The van der Waals surface area contributed by atoms with Crippen molar-refractivity contribution in [1.82, 2.24) is 0 Å². The Morgan fingerprint density at radius 3 is 1.00 bits per heavy atom. The van der Waals surface area contributed by atoms with Gasteiger partial charge in [-0.2, -0.15) is 0 Å². The highest BCUT2D eigenvalue weighted by molar-refractivity contribution is 5.36. The number of hydrogen-bond acceptors (Lipinski definition) is 2. The van der Waals surface area contributed by atoms with Gasteiger partial charge >= 0.3 is 0 Å². The molecule has 2 nitrogen and oxygen atoms in total. The molecule has 6 fully saturated rings. The lowest BCUT2D eigenvalue weighted by Crippen LogP contribution is -2.61. The van der Waals surface area contributed by atoms with Crippen LogP contribution in [0.1, 0.15) is 0 Å². The summed E-state index contributed by atoms with van der Waals surface area (Å²) in [7, 11) is 0. The van der Waals surface area contributed by atoms with Crippen molar-refractivity contribution in [3.8, 4) is 0 Å². The highest BCUT2D eigenvalue weighted by atomic mass is 16.3. The van der Waals surface area contributed by atoms with Crippen LogP contribution in [0.5, 0.6) is 0 Å². The van der Waals surface area contributed by atoms with Crippen molar-refractivity contribution in [2.75, 3.05) is 0 Å². The molecule has 0 saturated heterocycles. The van der Waals surface area contributed by atoms with Crippen LogP contribution in [0.2, 0.25) is 0 Å². The first-order valence-electron chi connectivity index (χ1n) is 5.18. The molecule has 4 bridgehead atoms. The molecule has 10 atom stereocenters. The summed E-state index contributed by atoms with van der Waals surface area (Å²) in [5.74, 6) is 5.51. The van der Waals surface area contributed by atoms with Crippen molar-refractivity contribution in [1.29, 1.82) is 0 Å². The molecule has 6 saturated carbocycles. The molecule has 64 valence electrons. The third-order valence-corrected chi connectivity index (χ3v) is 6.02. The van der Waals surface area contributed by atoms with Crippen LogP contribution in [0.3, 0.4) is 0 Å². The molecule has 0 aromatic carbocycles. The summed E-state index contributed by atoms with van der Waals surface area (Å²) in [5, 5.41) is 19.9. The van der Waals surface area contributed by atoms with Gasteiger partial charge in [-0.1, -0.05) is 0 Å². The van der Waals surface area contributed by atoms with Crippen LogP contribution in [0.4, 0.5) is 0 Å². The fraction of sp³-hybridized carbons (Fsp3) is 1.00. The van der Waals surface area contributed by atoms with Crippen molar-refractivity contribution in [2.24, 2.45) is 47.3 Å². The predicted molar refractivity (Wildman–Crippen MR) is 39.9 cm³/mol. The van der Waals surface area contributed by atoms with Gasteiger partial charge in [0, 0.05) is 0 Å². The summed E-state index contributed by atoms with van der Waals surface area (Å²) in [6, 6.07) is 0. The van der Waals surface area contributed by atoms with E-state index >= 15 is 0 Å². The van der Waals surface area contributed by atoms with Gasteiger partial charge < -0.3 is 10.2 Å². The average Bonchev–Trinajstić information content (AvgIpc) is 2.45. The van der Waals surface area contributed by atoms with Crippen molar-refractivity contribution in [2.45, 2.75) is 12.2 Å². The fourth-order valence-corrected chi connectivity index (χ4v) is 6.15. The highest BCUT2D eigenvalue weighted by Gasteiger charge is 2.89. The zero-order valence-electron chi connectivity index (χ0n) is 6.67. The maximum atomic E-state index is 9.93. The Hall–Kier alpha value is -0.0800. The molecule has 6 aliphatic rings. The molecule has 0 aromatic rings. The second kappa shape index (κ2) is 1.20. The Bertz CT molecular complexity index is 268. The lowest BCUT2D eigenvalue weighted by molar-refractivity contribution is -0.176. The second-order valence-electron chi connectivity index (χ2n) is 5.60. The van der Waals surface area contributed by atoms with E-state index < -0.39 is 0 Å². The van der Waals surface area contributed by atoms with Gasteiger partial charge in [0.15, 0.2) is 0 Å². The molecular weight excluding hydrogens is 152 g/mol. The summed E-state index contributed by atoms with van der Waals surface area (Å²) in [4.78, 5) is 0. The quantitative estimate of drug-likeness (QED) is 0.516. The van der Waals surface area contributed by atoms with E-state index in [0.717, 1.165) is 23.7 Å². The summed E-state index contributed by atoms with van der Waals surface area (Å²) in [6.07, 6.45) is -0.0400. The number of rotatable bonds is 0. The zero-order valence-corrected chi connectivity index (χ0v) is 6.67. The monoisotopic (exact) mass is 164 g/mol. The Morgan fingerprint density at radius 2 is 0.667 bits per heavy atom. The van der Waals surface area contributed by atoms with Crippen LogP contribution in [0, 0.1) is 47.3 Å². The molecular formula is C10H12O2. The molecule has 2 N–H and O–H groups in total. The third-order valence-electron chi connectivity index (χ3n) is 6.02. The van der Waals surface area contributed by atoms with Crippen molar-refractivity contribution >= 4 is 0 Å². The summed E-state index contributed by atoms with van der Waals surface area (Å²) < 4.78 is 0. The SMILES string of the molecule is O[C@@H]1[C@H]2[C@H]3[C@@H](O)[C@H]4[C@@H]2[C@H]2[C@@H]1[C@H]3[C@@H]42. The van der Waals surface area contributed by atoms with E-state index in [1.54, 1.807) is 0 Å². The minimum absolute atomic E-state index is 0.0200. The van der Waals surface area contributed by atoms with Crippen LogP contribution < -0.4 is 0 Å². The van der Waals surface area contributed by atoms with Crippen molar-refractivity contribution in [3.05, 3.63) is 0 Å². The fourth-order valence-electron chi connectivity index (χ4n) is 6.15. The van der Waals surface area contributed by atoms with Gasteiger partial charge in [-0.3, -0.25) is 0 Å². The van der Waals surface area contributed by atoms with Gasteiger partial charge in [0.25, 0.3) is 0 Å². The molecule has 0 heterocycles. The third kappa shape index (κ3) is 0.252. The van der Waals surface area contributed by atoms with Crippen molar-refractivity contribution < 1.29 is 10.2 Å². The zero-order chi connectivity index (χ0) is 7.77. The van der Waals surface area contributed by atoms with E-state index in [0.29, 0.717) is 23.7 Å². The number of aliphatic hydroxyl groups is 2. The number of aliphatic hydroxyl groups excluding tert-OH is 2. The lowest BCUT2D eigenvalue weighted by Gasteiger charge is -2.63. The summed E-state index contributed by atoms with van der Waals surface area (Å²) >= 11 is 0. The van der Waals surface area contributed by atoms with Crippen LogP contribution >= 0.6 is 0 Å². The number of hydrogen-bond donors (Lipinski definition) is 2. The van der Waals surface area contributed by atoms with E-state index in [9.17, 15) is 10.2 Å². The van der Waals surface area contributed by atoms with E-state index in [4.69, 9.17) is 0 Å². The maximum Gasteiger partial charge on any atom is 0.0608 e. The first-order chi connectivity index (χ1) is 5.82. The first kappa shape index (κ1) is 5.61. The molecule has 0 radical (unpaired) electrons. The predicted octanol–water partition coefficient (Wildman–Crippen LogP) is -0.294. The molecule has 0 aromatic heterocycles. The topological polar surface area (TPSA) is 40.5 Å². The first-order valence-corrected chi connectivity index (χ1v) is 5.18. The van der Waals surface area contributed by atoms with E-state index in [1.807, 2.05) is 0 Å². The summed E-state index contributed by atoms with van der Waals surface area (Å²) in [5.41, 5.74) is 0. The Kier molecular flexibility index (Phi) is 0.561. The van der Waals surface area contributed by atoms with Crippen molar-refractivity contribution in [3.63, 3.8) is 0 Å². The second-order valence-corrected chi connectivity index (χ2v) is 5.60. The minimum atomic E-state index is -0.0200. The smallest absolute Gasteiger partial charge is 0.0608 e. The van der Waals surface area contributed by atoms with Crippen LogP contribution in [0.25, 0.3) is 0 Å².